The third-order valence-electron chi connectivity index (χ3n) is 6.22. The molecule has 5 rings (SSSR count). The quantitative estimate of drug-likeness (QED) is 0.326. The fourth-order valence-corrected chi connectivity index (χ4v) is 4.31. The SMILES string of the molecule is O=C(OCCOC1Cc2ccccc21)c1cccc(C(=O)OCCOC2Cc3ccccc32)c1. The van der Waals surface area contributed by atoms with Gasteiger partial charge in [0.15, 0.2) is 0 Å². The highest BCUT2D eigenvalue weighted by molar-refractivity contribution is 5.95. The Morgan fingerprint density at radius 2 is 1.09 bits per heavy atom. The normalized spacial score (nSPS) is 17.5. The minimum atomic E-state index is -0.501. The van der Waals surface area contributed by atoms with Crippen LogP contribution in [0.2, 0.25) is 0 Å². The zero-order valence-corrected chi connectivity index (χ0v) is 18.8. The molecule has 0 N–H and O–H groups in total. The van der Waals surface area contributed by atoms with Crippen LogP contribution >= 0.6 is 0 Å². The van der Waals surface area contributed by atoms with E-state index in [1.165, 1.54) is 28.3 Å². The number of hydrogen-bond donors (Lipinski definition) is 0. The van der Waals surface area contributed by atoms with E-state index in [0.29, 0.717) is 24.3 Å². The molecule has 0 fully saturated rings. The standard InChI is InChI=1S/C28H26O6/c29-27(33-14-12-31-25-17-19-6-1-3-10-23(19)25)21-8-5-9-22(16-21)28(30)34-15-13-32-26-18-20-7-2-4-11-24(20)26/h1-11,16,25-26H,12-15,17-18H2. The largest absolute Gasteiger partial charge is 0.460 e. The van der Waals surface area contributed by atoms with Gasteiger partial charge in [-0.05, 0) is 40.5 Å². The maximum atomic E-state index is 12.4. The van der Waals surface area contributed by atoms with E-state index in [1.807, 2.05) is 24.3 Å². The van der Waals surface area contributed by atoms with Crippen LogP contribution in [-0.2, 0) is 31.8 Å². The lowest BCUT2D eigenvalue weighted by atomic mass is 9.85. The lowest BCUT2D eigenvalue weighted by Crippen LogP contribution is -2.22. The van der Waals surface area contributed by atoms with Crippen LogP contribution in [0.15, 0.2) is 72.8 Å². The number of fused-ring (bicyclic) bond motifs is 2. The first-order valence-electron chi connectivity index (χ1n) is 11.5. The summed E-state index contributed by atoms with van der Waals surface area (Å²) in [5, 5.41) is 0. The predicted molar refractivity (Wildman–Crippen MR) is 125 cm³/mol. The van der Waals surface area contributed by atoms with Crippen molar-refractivity contribution in [2.45, 2.75) is 25.0 Å². The van der Waals surface area contributed by atoms with Gasteiger partial charge in [-0.1, -0.05) is 54.6 Å². The molecule has 0 radical (unpaired) electrons. The van der Waals surface area contributed by atoms with Crippen LogP contribution in [0.4, 0.5) is 0 Å². The summed E-state index contributed by atoms with van der Waals surface area (Å²) < 4.78 is 22.2. The lowest BCUT2D eigenvalue weighted by Gasteiger charge is -2.29. The van der Waals surface area contributed by atoms with E-state index < -0.39 is 11.9 Å². The molecule has 174 valence electrons. The van der Waals surface area contributed by atoms with E-state index in [9.17, 15) is 9.59 Å². The first-order chi connectivity index (χ1) is 16.7. The van der Waals surface area contributed by atoms with Crippen molar-refractivity contribution in [1.82, 2.24) is 0 Å². The average Bonchev–Trinajstić information content (AvgIpc) is 2.84. The molecule has 2 aliphatic rings. The number of carbonyl (C=O) groups excluding carboxylic acids is 2. The van der Waals surface area contributed by atoms with E-state index in [1.54, 1.807) is 18.2 Å². The number of hydrogen-bond acceptors (Lipinski definition) is 6. The number of benzene rings is 3. The molecule has 3 aromatic rings. The summed E-state index contributed by atoms with van der Waals surface area (Å²) in [7, 11) is 0. The third-order valence-corrected chi connectivity index (χ3v) is 6.22. The van der Waals surface area contributed by atoms with Gasteiger partial charge in [0.1, 0.15) is 13.2 Å². The van der Waals surface area contributed by atoms with Crippen molar-refractivity contribution in [2.75, 3.05) is 26.4 Å². The summed E-state index contributed by atoms with van der Waals surface area (Å²) in [5.74, 6) is -1.00. The highest BCUT2D eigenvalue weighted by atomic mass is 16.6. The Morgan fingerprint density at radius 1 is 0.618 bits per heavy atom. The van der Waals surface area contributed by atoms with Gasteiger partial charge in [0.05, 0.1) is 36.5 Å². The van der Waals surface area contributed by atoms with Crippen molar-refractivity contribution in [3.05, 3.63) is 106 Å². The van der Waals surface area contributed by atoms with Crippen LogP contribution in [0.25, 0.3) is 0 Å². The van der Waals surface area contributed by atoms with Gasteiger partial charge in [-0.15, -0.1) is 0 Å². The number of ether oxygens (including phenoxy) is 4. The number of esters is 2. The van der Waals surface area contributed by atoms with Crippen molar-refractivity contribution in [2.24, 2.45) is 0 Å². The second-order valence-corrected chi connectivity index (χ2v) is 8.38. The van der Waals surface area contributed by atoms with E-state index in [4.69, 9.17) is 18.9 Å². The zero-order valence-electron chi connectivity index (χ0n) is 18.8. The Balaban J connectivity index is 1.02. The van der Waals surface area contributed by atoms with Crippen molar-refractivity contribution in [1.29, 1.82) is 0 Å². The van der Waals surface area contributed by atoms with Crippen LogP contribution in [0.5, 0.6) is 0 Å². The van der Waals surface area contributed by atoms with Gasteiger partial charge in [0, 0.05) is 12.8 Å². The van der Waals surface area contributed by atoms with Crippen molar-refractivity contribution >= 4 is 11.9 Å². The highest BCUT2D eigenvalue weighted by Gasteiger charge is 2.27. The number of rotatable bonds is 10. The summed E-state index contributed by atoms with van der Waals surface area (Å²) in [5.41, 5.74) is 5.59. The van der Waals surface area contributed by atoms with Crippen LogP contribution in [-0.4, -0.2) is 38.4 Å². The molecule has 2 atom stereocenters. The predicted octanol–water partition coefficient (Wildman–Crippen LogP) is 4.63. The molecule has 0 spiro atoms. The second-order valence-electron chi connectivity index (χ2n) is 8.38. The summed E-state index contributed by atoms with van der Waals surface area (Å²) in [6, 6.07) is 22.6. The molecule has 0 aromatic heterocycles. The first kappa shape index (κ1) is 22.3. The maximum absolute atomic E-state index is 12.4. The molecule has 0 saturated heterocycles. The molecule has 0 saturated carbocycles. The summed E-state index contributed by atoms with van der Waals surface area (Å²) >= 11 is 0. The maximum Gasteiger partial charge on any atom is 0.338 e. The van der Waals surface area contributed by atoms with E-state index in [-0.39, 0.29) is 25.4 Å². The Morgan fingerprint density at radius 3 is 1.56 bits per heavy atom. The Bertz CT molecular complexity index is 1100. The van der Waals surface area contributed by atoms with Gasteiger partial charge in [-0.2, -0.15) is 0 Å². The van der Waals surface area contributed by atoms with Crippen molar-refractivity contribution in [3.8, 4) is 0 Å². The van der Waals surface area contributed by atoms with Gasteiger partial charge >= 0.3 is 11.9 Å². The van der Waals surface area contributed by atoms with Crippen LogP contribution in [0.1, 0.15) is 55.2 Å². The molecular weight excluding hydrogens is 432 g/mol. The molecule has 3 aromatic carbocycles. The van der Waals surface area contributed by atoms with Crippen LogP contribution < -0.4 is 0 Å². The molecule has 0 amide bonds. The summed E-state index contributed by atoms with van der Waals surface area (Å²) in [4.78, 5) is 24.7. The van der Waals surface area contributed by atoms with Crippen LogP contribution in [0.3, 0.4) is 0 Å². The molecule has 0 aliphatic heterocycles. The minimum absolute atomic E-state index is 0.0658. The third kappa shape index (κ3) is 4.88. The zero-order chi connectivity index (χ0) is 23.3. The Hall–Kier alpha value is -3.48. The minimum Gasteiger partial charge on any atom is -0.460 e. The second kappa shape index (κ2) is 10.2. The lowest BCUT2D eigenvalue weighted by molar-refractivity contribution is -0.00175. The molecule has 2 aliphatic carbocycles. The Kier molecular flexibility index (Phi) is 6.70. The molecule has 0 bridgehead atoms. The molecular formula is C28H26O6. The molecule has 0 heterocycles. The van der Waals surface area contributed by atoms with Gasteiger partial charge in [-0.3, -0.25) is 0 Å². The summed E-state index contributed by atoms with van der Waals surface area (Å²) in [6.07, 6.45) is 1.90. The molecule has 6 nitrogen and oxygen atoms in total. The summed E-state index contributed by atoms with van der Waals surface area (Å²) in [6.45, 7) is 0.928. The topological polar surface area (TPSA) is 71.1 Å². The van der Waals surface area contributed by atoms with E-state index in [0.717, 1.165) is 12.8 Å². The van der Waals surface area contributed by atoms with Gasteiger partial charge in [0.25, 0.3) is 0 Å². The molecule has 2 unspecified atom stereocenters. The van der Waals surface area contributed by atoms with Crippen LogP contribution in [0, 0.1) is 0 Å². The van der Waals surface area contributed by atoms with Gasteiger partial charge < -0.3 is 18.9 Å². The first-order valence-corrected chi connectivity index (χ1v) is 11.5. The monoisotopic (exact) mass is 458 g/mol. The number of carbonyl (C=O) groups is 2. The van der Waals surface area contributed by atoms with Gasteiger partial charge in [0.2, 0.25) is 0 Å². The smallest absolute Gasteiger partial charge is 0.338 e. The Labute approximate surface area is 198 Å². The van der Waals surface area contributed by atoms with E-state index >= 15 is 0 Å². The van der Waals surface area contributed by atoms with Crippen molar-refractivity contribution in [3.63, 3.8) is 0 Å². The molecule has 34 heavy (non-hydrogen) atoms. The fourth-order valence-electron chi connectivity index (χ4n) is 4.31. The fraction of sp³-hybridized carbons (Fsp3) is 0.286. The molecule has 6 heteroatoms. The van der Waals surface area contributed by atoms with Gasteiger partial charge in [-0.25, -0.2) is 9.59 Å². The van der Waals surface area contributed by atoms with E-state index in [2.05, 4.69) is 24.3 Å². The van der Waals surface area contributed by atoms with Crippen molar-refractivity contribution < 1.29 is 28.5 Å². The highest BCUT2D eigenvalue weighted by Crippen LogP contribution is 2.36. The average molecular weight is 459 g/mol.